The van der Waals surface area contributed by atoms with E-state index in [1.807, 2.05) is 66.4 Å². The Morgan fingerprint density at radius 1 is 0.781 bits per heavy atom. The number of esters is 1. The van der Waals surface area contributed by atoms with E-state index < -0.39 is 0 Å². The largest absolute Gasteiger partial charge is 0.465 e. The lowest BCUT2D eigenvalue weighted by molar-refractivity contribution is 0.0600. The first-order chi connectivity index (χ1) is 15.5. The molecule has 32 heavy (non-hydrogen) atoms. The van der Waals surface area contributed by atoms with E-state index in [1.54, 1.807) is 18.2 Å². The van der Waals surface area contributed by atoms with Crippen LogP contribution in [-0.2, 0) is 4.74 Å². The van der Waals surface area contributed by atoms with Crippen molar-refractivity contribution in [1.29, 1.82) is 0 Å². The van der Waals surface area contributed by atoms with E-state index in [0.717, 1.165) is 24.5 Å². The molecule has 6 nitrogen and oxygen atoms in total. The van der Waals surface area contributed by atoms with Gasteiger partial charge in [-0.05, 0) is 61.5 Å². The van der Waals surface area contributed by atoms with Crippen LogP contribution in [0.2, 0.25) is 0 Å². The Labute approximate surface area is 188 Å². The molecule has 1 aliphatic rings. The number of hydrogen-bond donors (Lipinski definition) is 0. The van der Waals surface area contributed by atoms with Gasteiger partial charge in [0, 0.05) is 37.4 Å². The third kappa shape index (κ3) is 4.91. The zero-order valence-electron chi connectivity index (χ0n) is 18.3. The molecule has 0 bridgehead atoms. The van der Waals surface area contributed by atoms with Gasteiger partial charge in [-0.2, -0.15) is 0 Å². The number of amides is 1. The molecule has 1 amide bonds. The van der Waals surface area contributed by atoms with Crippen molar-refractivity contribution in [2.24, 2.45) is 0 Å². The fourth-order valence-electron chi connectivity index (χ4n) is 3.71. The fraction of sp³-hybridized carbons (Fsp3) is 0.231. The Morgan fingerprint density at radius 2 is 1.47 bits per heavy atom. The highest BCUT2D eigenvalue weighted by Gasteiger charge is 2.23. The fourth-order valence-corrected chi connectivity index (χ4v) is 3.71. The Bertz CT molecular complexity index is 1090. The standard InChI is InChI=1S/C26H26N2O4/c1-19-6-12-23(13-7-19)32-24-5-3-4-21(18-24)25(29)28-16-14-27(15-17-28)22-10-8-20(9-11-22)26(30)31-2/h3-13,18H,14-17H2,1-2H3. The van der Waals surface area contributed by atoms with E-state index in [0.29, 0.717) is 30.0 Å². The summed E-state index contributed by atoms with van der Waals surface area (Å²) in [4.78, 5) is 28.7. The molecule has 0 aromatic heterocycles. The molecule has 0 aliphatic carbocycles. The number of anilines is 1. The van der Waals surface area contributed by atoms with Gasteiger partial charge in [-0.15, -0.1) is 0 Å². The molecule has 3 aromatic carbocycles. The van der Waals surface area contributed by atoms with Gasteiger partial charge in [-0.25, -0.2) is 4.79 Å². The molecule has 3 aromatic rings. The lowest BCUT2D eigenvalue weighted by atomic mass is 10.1. The third-order valence-corrected chi connectivity index (χ3v) is 5.56. The summed E-state index contributed by atoms with van der Waals surface area (Å²) < 4.78 is 10.7. The molecular weight excluding hydrogens is 404 g/mol. The number of rotatable bonds is 5. The lowest BCUT2D eigenvalue weighted by Crippen LogP contribution is -2.48. The van der Waals surface area contributed by atoms with Gasteiger partial charge < -0.3 is 19.3 Å². The van der Waals surface area contributed by atoms with Gasteiger partial charge in [0.25, 0.3) is 5.91 Å². The summed E-state index contributed by atoms with van der Waals surface area (Å²) in [5, 5.41) is 0. The first kappa shape index (κ1) is 21.4. The van der Waals surface area contributed by atoms with E-state index >= 15 is 0 Å². The molecule has 4 rings (SSSR count). The van der Waals surface area contributed by atoms with Crippen molar-refractivity contribution in [2.45, 2.75) is 6.92 Å². The summed E-state index contributed by atoms with van der Waals surface area (Å²) in [5.74, 6) is 1.04. The number of nitrogens with zero attached hydrogens (tertiary/aromatic N) is 2. The molecular formula is C26H26N2O4. The summed E-state index contributed by atoms with van der Waals surface area (Å²) in [7, 11) is 1.37. The highest BCUT2D eigenvalue weighted by atomic mass is 16.5. The Balaban J connectivity index is 1.37. The second-order valence-electron chi connectivity index (χ2n) is 7.76. The second kappa shape index (κ2) is 9.56. The van der Waals surface area contributed by atoms with Gasteiger partial charge in [-0.1, -0.05) is 23.8 Å². The average molecular weight is 431 g/mol. The number of carbonyl (C=O) groups is 2. The molecule has 6 heteroatoms. The van der Waals surface area contributed by atoms with Crippen molar-refractivity contribution in [2.75, 3.05) is 38.2 Å². The zero-order valence-corrected chi connectivity index (χ0v) is 18.3. The van der Waals surface area contributed by atoms with Crippen LogP contribution < -0.4 is 9.64 Å². The van der Waals surface area contributed by atoms with Gasteiger partial charge in [-0.3, -0.25) is 4.79 Å². The van der Waals surface area contributed by atoms with Gasteiger partial charge in [0.15, 0.2) is 0 Å². The van der Waals surface area contributed by atoms with Gasteiger partial charge in [0.05, 0.1) is 12.7 Å². The zero-order chi connectivity index (χ0) is 22.5. The molecule has 0 unspecified atom stereocenters. The minimum absolute atomic E-state index is 0.0000419. The summed E-state index contributed by atoms with van der Waals surface area (Å²) in [6.45, 7) is 4.73. The van der Waals surface area contributed by atoms with Crippen LogP contribution in [0.15, 0.2) is 72.8 Å². The monoisotopic (exact) mass is 430 g/mol. The third-order valence-electron chi connectivity index (χ3n) is 5.56. The van der Waals surface area contributed by atoms with E-state index in [4.69, 9.17) is 9.47 Å². The smallest absolute Gasteiger partial charge is 0.337 e. The van der Waals surface area contributed by atoms with Crippen LogP contribution in [0.4, 0.5) is 5.69 Å². The SMILES string of the molecule is COC(=O)c1ccc(N2CCN(C(=O)c3cccc(Oc4ccc(C)cc4)c3)CC2)cc1. The molecule has 0 spiro atoms. The molecule has 1 aliphatic heterocycles. The summed E-state index contributed by atoms with van der Waals surface area (Å²) in [6.07, 6.45) is 0. The minimum Gasteiger partial charge on any atom is -0.465 e. The molecule has 0 atom stereocenters. The molecule has 0 N–H and O–H groups in total. The summed E-state index contributed by atoms with van der Waals surface area (Å²) in [5.41, 5.74) is 3.33. The van der Waals surface area contributed by atoms with Crippen molar-refractivity contribution < 1.29 is 19.1 Å². The van der Waals surface area contributed by atoms with Crippen LogP contribution in [-0.4, -0.2) is 50.1 Å². The normalized spacial score (nSPS) is 13.6. The van der Waals surface area contributed by atoms with Crippen LogP contribution in [0.25, 0.3) is 0 Å². The van der Waals surface area contributed by atoms with Crippen molar-refractivity contribution in [3.8, 4) is 11.5 Å². The number of aryl methyl sites for hydroxylation is 1. The van der Waals surface area contributed by atoms with E-state index in [-0.39, 0.29) is 11.9 Å². The van der Waals surface area contributed by atoms with E-state index in [2.05, 4.69) is 4.90 Å². The molecule has 1 saturated heterocycles. The number of piperazine rings is 1. The van der Waals surface area contributed by atoms with Crippen molar-refractivity contribution in [1.82, 2.24) is 4.90 Å². The van der Waals surface area contributed by atoms with Crippen molar-refractivity contribution in [3.05, 3.63) is 89.5 Å². The Morgan fingerprint density at radius 3 is 2.12 bits per heavy atom. The van der Waals surface area contributed by atoms with Crippen LogP contribution in [0.5, 0.6) is 11.5 Å². The first-order valence-electron chi connectivity index (χ1n) is 10.6. The number of ether oxygens (including phenoxy) is 2. The minimum atomic E-state index is -0.347. The number of benzene rings is 3. The highest BCUT2D eigenvalue weighted by molar-refractivity contribution is 5.95. The van der Waals surface area contributed by atoms with Gasteiger partial charge in [0.1, 0.15) is 11.5 Å². The topological polar surface area (TPSA) is 59.1 Å². The predicted octanol–water partition coefficient (Wildman–Crippen LogP) is 4.54. The first-order valence-corrected chi connectivity index (χ1v) is 10.6. The Kier molecular flexibility index (Phi) is 6.40. The summed E-state index contributed by atoms with van der Waals surface area (Å²) >= 11 is 0. The van der Waals surface area contributed by atoms with E-state index in [1.165, 1.54) is 12.7 Å². The number of carbonyl (C=O) groups excluding carboxylic acids is 2. The molecule has 1 fully saturated rings. The van der Waals surface area contributed by atoms with Gasteiger partial charge in [0.2, 0.25) is 0 Å². The summed E-state index contributed by atoms with van der Waals surface area (Å²) in [6, 6.07) is 22.5. The maximum atomic E-state index is 13.0. The van der Waals surface area contributed by atoms with Crippen LogP contribution in [0, 0.1) is 6.92 Å². The van der Waals surface area contributed by atoms with Gasteiger partial charge >= 0.3 is 5.97 Å². The number of hydrogen-bond acceptors (Lipinski definition) is 5. The maximum Gasteiger partial charge on any atom is 0.337 e. The lowest BCUT2D eigenvalue weighted by Gasteiger charge is -2.36. The van der Waals surface area contributed by atoms with Crippen molar-refractivity contribution in [3.63, 3.8) is 0 Å². The van der Waals surface area contributed by atoms with Crippen LogP contribution in [0.3, 0.4) is 0 Å². The Hall–Kier alpha value is -3.80. The average Bonchev–Trinajstić information content (AvgIpc) is 2.85. The molecule has 164 valence electrons. The second-order valence-corrected chi connectivity index (χ2v) is 7.76. The highest BCUT2D eigenvalue weighted by Crippen LogP contribution is 2.24. The molecule has 0 radical (unpaired) electrons. The maximum absolute atomic E-state index is 13.0. The van der Waals surface area contributed by atoms with Crippen molar-refractivity contribution >= 4 is 17.6 Å². The predicted molar refractivity (Wildman–Crippen MR) is 124 cm³/mol. The van der Waals surface area contributed by atoms with E-state index in [9.17, 15) is 9.59 Å². The molecule has 0 saturated carbocycles. The molecule has 1 heterocycles. The van der Waals surface area contributed by atoms with Crippen LogP contribution >= 0.6 is 0 Å². The van der Waals surface area contributed by atoms with Crippen LogP contribution in [0.1, 0.15) is 26.3 Å². The quantitative estimate of drug-likeness (QED) is 0.557. The number of methoxy groups -OCH3 is 1.